The average molecular weight is 281 g/mol. The molecule has 0 fully saturated rings. The molecular formula is C16H15N3S. The normalized spacial score (nSPS) is 10.9. The lowest BCUT2D eigenvalue weighted by atomic mass is 10.0. The van der Waals surface area contributed by atoms with E-state index in [0.717, 1.165) is 34.5 Å². The van der Waals surface area contributed by atoms with Crippen LogP contribution in [0.1, 0.15) is 18.3 Å². The van der Waals surface area contributed by atoms with Gasteiger partial charge in [0.05, 0.1) is 5.69 Å². The Bertz CT molecular complexity index is 831. The third kappa shape index (κ3) is 2.12. The van der Waals surface area contributed by atoms with Gasteiger partial charge in [0.1, 0.15) is 10.5 Å². The van der Waals surface area contributed by atoms with Crippen molar-refractivity contribution in [2.45, 2.75) is 20.3 Å². The van der Waals surface area contributed by atoms with Crippen molar-refractivity contribution < 1.29 is 0 Å². The molecule has 0 saturated carbocycles. The number of fused-ring (bicyclic) bond motifs is 1. The van der Waals surface area contributed by atoms with Gasteiger partial charge in [-0.25, -0.2) is 4.98 Å². The number of aryl methyl sites for hydroxylation is 1. The number of hydrogen-bond donors (Lipinski definition) is 1. The van der Waals surface area contributed by atoms with Crippen LogP contribution in [0.4, 0.5) is 0 Å². The molecular weight excluding hydrogens is 266 g/mol. The van der Waals surface area contributed by atoms with E-state index in [4.69, 9.17) is 12.2 Å². The van der Waals surface area contributed by atoms with Crippen LogP contribution in [-0.2, 0) is 6.42 Å². The van der Waals surface area contributed by atoms with E-state index in [1.165, 1.54) is 5.39 Å². The lowest BCUT2D eigenvalue weighted by Crippen LogP contribution is -2.00. The van der Waals surface area contributed by atoms with Gasteiger partial charge in [-0.2, -0.15) is 0 Å². The summed E-state index contributed by atoms with van der Waals surface area (Å²) in [5, 5.41) is 2.29. The maximum Gasteiger partial charge on any atom is 0.133 e. The van der Waals surface area contributed by atoms with Crippen LogP contribution in [0.5, 0.6) is 0 Å². The summed E-state index contributed by atoms with van der Waals surface area (Å²) in [6.45, 7) is 4.07. The molecule has 1 aromatic carbocycles. The highest BCUT2D eigenvalue weighted by molar-refractivity contribution is 7.71. The van der Waals surface area contributed by atoms with Crippen LogP contribution in [0.25, 0.3) is 22.0 Å². The Hall–Kier alpha value is -2.07. The molecule has 2 heterocycles. The van der Waals surface area contributed by atoms with Gasteiger partial charge in [0.25, 0.3) is 0 Å². The number of benzene rings is 1. The van der Waals surface area contributed by atoms with Gasteiger partial charge in [-0.15, -0.1) is 0 Å². The van der Waals surface area contributed by atoms with Crippen LogP contribution in [-0.4, -0.2) is 15.0 Å². The summed E-state index contributed by atoms with van der Waals surface area (Å²) >= 11 is 5.37. The molecule has 3 aromatic rings. The van der Waals surface area contributed by atoms with Crippen LogP contribution >= 0.6 is 12.2 Å². The highest BCUT2D eigenvalue weighted by atomic mass is 32.1. The summed E-state index contributed by atoms with van der Waals surface area (Å²) in [5.74, 6) is 0.906. The monoisotopic (exact) mass is 281 g/mol. The van der Waals surface area contributed by atoms with E-state index >= 15 is 0 Å². The van der Waals surface area contributed by atoms with Gasteiger partial charge >= 0.3 is 0 Å². The molecule has 0 atom stereocenters. The van der Waals surface area contributed by atoms with Gasteiger partial charge in [-0.1, -0.05) is 43.4 Å². The molecule has 0 spiro atoms. The first-order valence-corrected chi connectivity index (χ1v) is 7.04. The first-order chi connectivity index (χ1) is 9.70. The minimum absolute atomic E-state index is 0.656. The second kappa shape index (κ2) is 5.13. The van der Waals surface area contributed by atoms with Crippen LogP contribution < -0.4 is 0 Å². The van der Waals surface area contributed by atoms with Gasteiger partial charge in [0.15, 0.2) is 0 Å². The maximum absolute atomic E-state index is 5.37. The van der Waals surface area contributed by atoms with Crippen molar-refractivity contribution in [3.63, 3.8) is 0 Å². The van der Waals surface area contributed by atoms with E-state index in [1.54, 1.807) is 0 Å². The molecule has 2 aromatic heterocycles. The molecule has 0 aliphatic heterocycles. The summed E-state index contributed by atoms with van der Waals surface area (Å²) < 4.78 is 0.656. The fourth-order valence-corrected chi connectivity index (χ4v) is 2.54. The van der Waals surface area contributed by atoms with Crippen LogP contribution in [0.3, 0.4) is 0 Å². The van der Waals surface area contributed by atoms with E-state index in [-0.39, 0.29) is 0 Å². The SMILES string of the molecule is CCc1nc(=S)c(C)c(-c2cncc3ccccc23)[nH]1. The zero-order valence-electron chi connectivity index (χ0n) is 11.5. The largest absolute Gasteiger partial charge is 0.343 e. The molecule has 3 rings (SSSR count). The van der Waals surface area contributed by atoms with Gasteiger partial charge in [0.2, 0.25) is 0 Å². The number of H-pyrrole nitrogens is 1. The van der Waals surface area contributed by atoms with Gasteiger partial charge < -0.3 is 4.98 Å². The summed E-state index contributed by atoms with van der Waals surface area (Å²) in [4.78, 5) is 12.1. The van der Waals surface area contributed by atoms with Crippen molar-refractivity contribution in [2.24, 2.45) is 0 Å². The second-order valence-electron chi connectivity index (χ2n) is 4.75. The van der Waals surface area contributed by atoms with Gasteiger partial charge in [-0.05, 0) is 12.3 Å². The third-order valence-corrected chi connectivity index (χ3v) is 3.87. The Labute approximate surface area is 122 Å². The van der Waals surface area contributed by atoms with E-state index < -0.39 is 0 Å². The first-order valence-electron chi connectivity index (χ1n) is 6.63. The molecule has 20 heavy (non-hydrogen) atoms. The topological polar surface area (TPSA) is 41.6 Å². The molecule has 0 aliphatic rings. The Morgan fingerprint density at radius 1 is 1.20 bits per heavy atom. The van der Waals surface area contributed by atoms with Crippen molar-refractivity contribution in [3.05, 3.63) is 52.7 Å². The molecule has 0 aliphatic carbocycles. The minimum Gasteiger partial charge on any atom is -0.343 e. The predicted molar refractivity (Wildman–Crippen MR) is 84.3 cm³/mol. The van der Waals surface area contributed by atoms with Crippen molar-refractivity contribution in [2.75, 3.05) is 0 Å². The smallest absolute Gasteiger partial charge is 0.133 e. The standard InChI is InChI=1S/C16H15N3S/c1-3-14-18-15(10(2)16(20)19-14)13-9-17-8-11-6-4-5-7-12(11)13/h4-9H,3H2,1-2H3,(H,18,19,20). The van der Waals surface area contributed by atoms with E-state index in [1.807, 2.05) is 31.5 Å². The Kier molecular flexibility index (Phi) is 3.32. The molecule has 0 radical (unpaired) electrons. The number of nitrogens with one attached hydrogen (secondary N) is 1. The van der Waals surface area contributed by atoms with E-state index in [9.17, 15) is 0 Å². The number of aromatic nitrogens is 3. The number of rotatable bonds is 2. The first kappa shape index (κ1) is 12.9. The maximum atomic E-state index is 5.37. The van der Waals surface area contributed by atoms with E-state index in [0.29, 0.717) is 4.64 Å². The zero-order chi connectivity index (χ0) is 14.1. The lowest BCUT2D eigenvalue weighted by molar-refractivity contribution is 0.926. The van der Waals surface area contributed by atoms with Crippen molar-refractivity contribution in [1.29, 1.82) is 0 Å². The zero-order valence-corrected chi connectivity index (χ0v) is 12.3. The molecule has 0 amide bonds. The Morgan fingerprint density at radius 2 is 2.00 bits per heavy atom. The number of hydrogen-bond acceptors (Lipinski definition) is 3. The fraction of sp³-hybridized carbons (Fsp3) is 0.188. The molecule has 0 unspecified atom stereocenters. The summed E-state index contributed by atoms with van der Waals surface area (Å²) in [5.41, 5.74) is 3.09. The van der Waals surface area contributed by atoms with Gasteiger partial charge in [0, 0.05) is 35.3 Å². The van der Waals surface area contributed by atoms with Crippen molar-refractivity contribution in [3.8, 4) is 11.3 Å². The van der Waals surface area contributed by atoms with E-state index in [2.05, 4.69) is 34.0 Å². The highest BCUT2D eigenvalue weighted by Crippen LogP contribution is 2.28. The van der Waals surface area contributed by atoms with Gasteiger partial charge in [-0.3, -0.25) is 4.98 Å². The lowest BCUT2D eigenvalue weighted by Gasteiger charge is -2.11. The third-order valence-electron chi connectivity index (χ3n) is 3.47. The average Bonchev–Trinajstić information content (AvgIpc) is 2.49. The molecule has 0 bridgehead atoms. The fourth-order valence-electron chi connectivity index (χ4n) is 2.33. The number of nitrogens with zero attached hydrogens (tertiary/aromatic N) is 2. The Morgan fingerprint density at radius 3 is 2.80 bits per heavy atom. The second-order valence-corrected chi connectivity index (χ2v) is 5.14. The number of aromatic amines is 1. The molecule has 4 heteroatoms. The molecule has 100 valence electrons. The van der Waals surface area contributed by atoms with Crippen molar-refractivity contribution in [1.82, 2.24) is 15.0 Å². The summed E-state index contributed by atoms with van der Waals surface area (Å²) in [6.07, 6.45) is 4.59. The minimum atomic E-state index is 0.656. The van der Waals surface area contributed by atoms with Crippen LogP contribution in [0.2, 0.25) is 0 Å². The highest BCUT2D eigenvalue weighted by Gasteiger charge is 2.10. The number of pyridine rings is 1. The molecule has 3 nitrogen and oxygen atoms in total. The summed E-state index contributed by atoms with van der Waals surface area (Å²) in [7, 11) is 0. The van der Waals surface area contributed by atoms with Crippen LogP contribution in [0, 0.1) is 11.6 Å². The summed E-state index contributed by atoms with van der Waals surface area (Å²) in [6, 6.07) is 8.23. The Balaban J connectivity index is 2.36. The molecule has 0 saturated heterocycles. The predicted octanol–water partition coefficient (Wildman–Crippen LogP) is 4.23. The quantitative estimate of drug-likeness (QED) is 0.715. The van der Waals surface area contributed by atoms with Crippen molar-refractivity contribution >= 4 is 23.0 Å². The molecule has 1 N–H and O–H groups in total. The van der Waals surface area contributed by atoms with Crippen LogP contribution in [0.15, 0.2) is 36.7 Å².